The van der Waals surface area contributed by atoms with Crippen LogP contribution in [0.2, 0.25) is 0 Å². The molecular formula is C32H37N7O3. The summed E-state index contributed by atoms with van der Waals surface area (Å²) < 4.78 is 11.9. The number of pyridine rings is 1. The van der Waals surface area contributed by atoms with Crippen molar-refractivity contribution in [3.05, 3.63) is 89.9 Å². The number of benzene rings is 2. The summed E-state index contributed by atoms with van der Waals surface area (Å²) in [7, 11) is 0. The van der Waals surface area contributed by atoms with Gasteiger partial charge in [-0.05, 0) is 81.3 Å². The fourth-order valence-corrected chi connectivity index (χ4v) is 4.86. The van der Waals surface area contributed by atoms with E-state index in [9.17, 15) is 4.79 Å². The zero-order valence-corrected chi connectivity index (χ0v) is 24.3. The minimum absolute atomic E-state index is 0.293. The maximum absolute atomic E-state index is 12.9. The van der Waals surface area contributed by atoms with Crippen molar-refractivity contribution < 1.29 is 14.3 Å². The second-order valence-electron chi connectivity index (χ2n) is 10.3. The van der Waals surface area contributed by atoms with Gasteiger partial charge in [-0.15, -0.1) is 0 Å². The lowest BCUT2D eigenvalue weighted by atomic mass is 10.2. The summed E-state index contributed by atoms with van der Waals surface area (Å²) in [6, 6.07) is 20.7. The van der Waals surface area contributed by atoms with Crippen LogP contribution in [-0.2, 0) is 0 Å². The molecule has 3 heterocycles. The summed E-state index contributed by atoms with van der Waals surface area (Å²) >= 11 is 0. The summed E-state index contributed by atoms with van der Waals surface area (Å²) in [5.74, 6) is 2.27. The highest BCUT2D eigenvalue weighted by Crippen LogP contribution is 2.29. The highest BCUT2D eigenvalue weighted by atomic mass is 16.5. The van der Waals surface area contributed by atoms with E-state index < -0.39 is 0 Å². The van der Waals surface area contributed by atoms with E-state index in [0.29, 0.717) is 35.5 Å². The van der Waals surface area contributed by atoms with Crippen LogP contribution in [0.15, 0.2) is 72.9 Å². The molecule has 218 valence electrons. The van der Waals surface area contributed by atoms with Gasteiger partial charge in [-0.25, -0.2) is 19.7 Å². The molecule has 0 bridgehead atoms. The van der Waals surface area contributed by atoms with Crippen molar-refractivity contribution in [2.75, 3.05) is 54.9 Å². The van der Waals surface area contributed by atoms with Gasteiger partial charge in [0.1, 0.15) is 17.3 Å². The van der Waals surface area contributed by atoms with Crippen molar-refractivity contribution in [3.63, 3.8) is 0 Å². The van der Waals surface area contributed by atoms with Crippen LogP contribution in [0.5, 0.6) is 17.5 Å². The summed E-state index contributed by atoms with van der Waals surface area (Å²) in [6.45, 7) is 11.2. The number of piperazine rings is 1. The number of urea groups is 1. The van der Waals surface area contributed by atoms with Gasteiger partial charge in [-0.1, -0.05) is 18.2 Å². The Bertz CT molecular complexity index is 1450. The van der Waals surface area contributed by atoms with Gasteiger partial charge >= 0.3 is 12.0 Å². The summed E-state index contributed by atoms with van der Waals surface area (Å²) in [4.78, 5) is 30.7. The molecule has 2 aromatic carbocycles. The molecule has 0 atom stereocenters. The van der Waals surface area contributed by atoms with Crippen molar-refractivity contribution in [2.24, 2.45) is 0 Å². The van der Waals surface area contributed by atoms with Crippen LogP contribution in [-0.4, -0.2) is 65.2 Å². The van der Waals surface area contributed by atoms with E-state index in [-0.39, 0.29) is 6.03 Å². The molecule has 2 N–H and O–H groups in total. The Morgan fingerprint density at radius 3 is 2.36 bits per heavy atom. The third kappa shape index (κ3) is 7.94. The lowest BCUT2D eigenvalue weighted by molar-refractivity contribution is 0.224. The molecule has 0 spiro atoms. The van der Waals surface area contributed by atoms with Crippen molar-refractivity contribution in [1.82, 2.24) is 19.9 Å². The Hall–Kier alpha value is -4.70. The third-order valence-corrected chi connectivity index (χ3v) is 6.98. The largest absolute Gasteiger partial charge is 0.491 e. The molecule has 2 amide bonds. The van der Waals surface area contributed by atoms with Crippen LogP contribution in [0.25, 0.3) is 0 Å². The number of rotatable bonds is 10. The standard InChI is InChI=1S/C32H37N7O3/c1-23-8-6-9-28(41-21-7-16-38-17-19-39(20-18-38)29-10-4-5-15-33-29)30(23)37-31(40)36-26-11-13-27(14-12-26)42-32-34-24(2)22-25(3)35-32/h4-6,8-15,22H,7,16-21H2,1-3H3,(H2,36,37,40). The van der Waals surface area contributed by atoms with E-state index in [0.717, 1.165) is 61.9 Å². The van der Waals surface area contributed by atoms with Gasteiger partial charge in [0.25, 0.3) is 0 Å². The van der Waals surface area contributed by atoms with Crippen molar-refractivity contribution in [1.29, 1.82) is 0 Å². The number of para-hydroxylation sites is 1. The zero-order valence-electron chi connectivity index (χ0n) is 24.3. The van der Waals surface area contributed by atoms with Crippen molar-refractivity contribution in [3.8, 4) is 17.5 Å². The number of hydrogen-bond donors (Lipinski definition) is 2. The van der Waals surface area contributed by atoms with Crippen molar-refractivity contribution in [2.45, 2.75) is 27.2 Å². The van der Waals surface area contributed by atoms with Crippen molar-refractivity contribution >= 4 is 23.2 Å². The van der Waals surface area contributed by atoms with Gasteiger partial charge in [-0.2, -0.15) is 0 Å². The molecule has 1 fully saturated rings. The zero-order chi connectivity index (χ0) is 29.3. The van der Waals surface area contributed by atoms with Crippen LogP contribution in [0.1, 0.15) is 23.4 Å². The molecule has 4 aromatic rings. The number of carbonyl (C=O) groups excluding carboxylic acids is 1. The molecule has 1 saturated heterocycles. The number of aryl methyl sites for hydroxylation is 3. The van der Waals surface area contributed by atoms with Gasteiger partial charge in [0.15, 0.2) is 0 Å². The van der Waals surface area contributed by atoms with Gasteiger partial charge in [0.2, 0.25) is 0 Å². The fraction of sp³-hybridized carbons (Fsp3) is 0.312. The van der Waals surface area contributed by atoms with Crippen LogP contribution in [0.3, 0.4) is 0 Å². The molecule has 10 heteroatoms. The first-order valence-corrected chi connectivity index (χ1v) is 14.2. The summed E-state index contributed by atoms with van der Waals surface area (Å²) in [5, 5.41) is 5.83. The van der Waals surface area contributed by atoms with E-state index in [1.165, 1.54) is 0 Å². The minimum atomic E-state index is -0.355. The third-order valence-electron chi connectivity index (χ3n) is 6.98. The first-order chi connectivity index (χ1) is 20.4. The summed E-state index contributed by atoms with van der Waals surface area (Å²) in [6.07, 6.45) is 2.74. The average Bonchev–Trinajstić information content (AvgIpc) is 2.98. The first kappa shape index (κ1) is 28.8. The van der Waals surface area contributed by atoms with E-state index in [1.807, 2.05) is 63.4 Å². The molecule has 42 heavy (non-hydrogen) atoms. The predicted octanol–water partition coefficient (Wildman–Crippen LogP) is 5.82. The molecule has 1 aliphatic rings. The molecule has 0 saturated carbocycles. The highest BCUT2D eigenvalue weighted by Gasteiger charge is 2.18. The van der Waals surface area contributed by atoms with Crippen LogP contribution < -0.4 is 25.0 Å². The Balaban J connectivity index is 1.08. The lowest BCUT2D eigenvalue weighted by Gasteiger charge is -2.35. The number of nitrogens with zero attached hydrogens (tertiary/aromatic N) is 5. The Kier molecular flexibility index (Phi) is 9.45. The lowest BCUT2D eigenvalue weighted by Crippen LogP contribution is -2.47. The van der Waals surface area contributed by atoms with E-state index in [2.05, 4.69) is 41.5 Å². The SMILES string of the molecule is Cc1cc(C)nc(Oc2ccc(NC(=O)Nc3c(C)cccc3OCCCN3CCN(c4ccccn4)CC3)cc2)n1. The molecule has 10 nitrogen and oxygen atoms in total. The second-order valence-corrected chi connectivity index (χ2v) is 10.3. The monoisotopic (exact) mass is 567 g/mol. The van der Waals surface area contributed by atoms with E-state index in [4.69, 9.17) is 9.47 Å². The number of aromatic nitrogens is 3. The molecule has 0 radical (unpaired) electrons. The molecule has 0 aliphatic carbocycles. The molecule has 2 aromatic heterocycles. The van der Waals surface area contributed by atoms with Gasteiger partial charge < -0.3 is 25.0 Å². The van der Waals surface area contributed by atoms with Gasteiger partial charge in [0, 0.05) is 56.0 Å². The minimum Gasteiger partial charge on any atom is -0.491 e. The quantitative estimate of drug-likeness (QED) is 0.231. The highest BCUT2D eigenvalue weighted by molar-refractivity contribution is 6.01. The Labute approximate surface area is 246 Å². The topological polar surface area (TPSA) is 105 Å². The van der Waals surface area contributed by atoms with E-state index in [1.54, 1.807) is 24.3 Å². The average molecular weight is 568 g/mol. The Morgan fingerprint density at radius 1 is 0.881 bits per heavy atom. The van der Waals surface area contributed by atoms with Gasteiger partial charge in [-0.3, -0.25) is 4.90 Å². The number of nitrogens with one attached hydrogen (secondary N) is 2. The first-order valence-electron chi connectivity index (χ1n) is 14.2. The fourth-order valence-electron chi connectivity index (χ4n) is 4.86. The Morgan fingerprint density at radius 2 is 1.64 bits per heavy atom. The number of hydrogen-bond acceptors (Lipinski definition) is 8. The number of ether oxygens (including phenoxy) is 2. The number of carbonyl (C=O) groups is 1. The second kappa shape index (κ2) is 13.8. The maximum Gasteiger partial charge on any atom is 0.323 e. The van der Waals surface area contributed by atoms with Gasteiger partial charge in [0.05, 0.1) is 12.3 Å². The normalized spacial score (nSPS) is 13.5. The number of anilines is 3. The molecular weight excluding hydrogens is 530 g/mol. The molecule has 0 unspecified atom stereocenters. The molecule has 1 aliphatic heterocycles. The summed E-state index contributed by atoms with van der Waals surface area (Å²) in [5.41, 5.74) is 3.88. The van der Waals surface area contributed by atoms with Crippen LogP contribution >= 0.6 is 0 Å². The number of amides is 2. The molecule has 5 rings (SSSR count). The smallest absolute Gasteiger partial charge is 0.323 e. The maximum atomic E-state index is 12.9. The van der Waals surface area contributed by atoms with E-state index >= 15 is 0 Å². The predicted molar refractivity (Wildman–Crippen MR) is 165 cm³/mol. The van der Waals surface area contributed by atoms with Crippen LogP contribution in [0.4, 0.5) is 22.0 Å². The van der Waals surface area contributed by atoms with Crippen LogP contribution in [0, 0.1) is 20.8 Å².